The van der Waals surface area contributed by atoms with Crippen LogP contribution < -0.4 is 14.8 Å². The number of methoxy groups -OCH3 is 1. The third-order valence-corrected chi connectivity index (χ3v) is 5.54. The topological polar surface area (TPSA) is 78.3 Å². The van der Waals surface area contributed by atoms with E-state index in [-0.39, 0.29) is 0 Å². The Morgan fingerprint density at radius 3 is 2.30 bits per heavy atom. The maximum Gasteiger partial charge on any atom is 0.405 e. The van der Waals surface area contributed by atoms with Crippen LogP contribution in [0.1, 0.15) is 13.8 Å². The Bertz CT molecular complexity index is 1070. The van der Waals surface area contributed by atoms with E-state index in [0.29, 0.717) is 34.8 Å². The Kier molecular flexibility index (Phi) is 7.85. The smallest absolute Gasteiger partial charge is 0.405 e. The van der Waals surface area contributed by atoms with E-state index >= 15 is 0 Å². The first-order valence-corrected chi connectivity index (χ1v) is 10.9. The third kappa shape index (κ3) is 6.41. The molecule has 3 rings (SSSR count). The van der Waals surface area contributed by atoms with Gasteiger partial charge < -0.3 is 14.8 Å². The molecule has 1 aromatic heterocycles. The number of thioether (sulfide) groups is 1. The van der Waals surface area contributed by atoms with Crippen molar-refractivity contribution >= 4 is 17.7 Å². The van der Waals surface area contributed by atoms with Gasteiger partial charge in [-0.05, 0) is 62.4 Å². The molecule has 0 spiro atoms. The summed E-state index contributed by atoms with van der Waals surface area (Å²) in [5.41, 5.74) is 1.46. The lowest BCUT2D eigenvalue weighted by Gasteiger charge is -2.15. The minimum absolute atomic E-state index is 0.361. The largest absolute Gasteiger partial charge is 0.497 e. The van der Waals surface area contributed by atoms with Gasteiger partial charge in [0.05, 0.1) is 19.0 Å². The molecule has 1 unspecified atom stereocenters. The average molecular weight is 481 g/mol. The van der Waals surface area contributed by atoms with Crippen molar-refractivity contribution in [3.8, 4) is 28.6 Å². The molecule has 1 heterocycles. The number of alkyl halides is 3. The summed E-state index contributed by atoms with van der Waals surface area (Å²) in [4.78, 5) is 12.2. The summed E-state index contributed by atoms with van der Waals surface area (Å²) in [6.07, 6.45) is -4.48. The molecule has 0 fully saturated rings. The Hall–Kier alpha value is -3.21. The lowest BCUT2D eigenvalue weighted by atomic mass is 10.2. The molecule has 11 heteroatoms. The zero-order valence-corrected chi connectivity index (χ0v) is 19.0. The first kappa shape index (κ1) is 24.4. The number of hydrogen-bond acceptors (Lipinski definition) is 6. The average Bonchev–Trinajstić information content (AvgIpc) is 3.21. The quantitative estimate of drug-likeness (QED) is 0.455. The van der Waals surface area contributed by atoms with Crippen LogP contribution in [0.2, 0.25) is 0 Å². The van der Waals surface area contributed by atoms with Gasteiger partial charge >= 0.3 is 6.18 Å². The number of nitrogens with one attached hydrogen (secondary N) is 1. The number of ether oxygens (including phenoxy) is 2. The molecule has 1 atom stereocenters. The lowest BCUT2D eigenvalue weighted by molar-refractivity contribution is -0.137. The van der Waals surface area contributed by atoms with E-state index < -0.39 is 23.9 Å². The van der Waals surface area contributed by atoms with Crippen LogP contribution in [-0.4, -0.2) is 52.4 Å². The predicted octanol–water partition coefficient (Wildman–Crippen LogP) is 4.50. The van der Waals surface area contributed by atoms with E-state index in [9.17, 15) is 18.0 Å². The Morgan fingerprint density at radius 2 is 1.73 bits per heavy atom. The van der Waals surface area contributed by atoms with E-state index in [2.05, 4.69) is 10.2 Å². The molecule has 0 aliphatic heterocycles. The molecule has 176 valence electrons. The van der Waals surface area contributed by atoms with Crippen molar-refractivity contribution in [1.82, 2.24) is 20.1 Å². The number of carbonyl (C=O) groups is 1. The van der Waals surface area contributed by atoms with Crippen molar-refractivity contribution in [1.29, 1.82) is 0 Å². The maximum absolute atomic E-state index is 12.5. The van der Waals surface area contributed by atoms with Crippen LogP contribution in [0.25, 0.3) is 17.1 Å². The van der Waals surface area contributed by atoms with Gasteiger partial charge in [-0.25, -0.2) is 0 Å². The summed E-state index contributed by atoms with van der Waals surface area (Å²) in [6, 6.07) is 14.4. The van der Waals surface area contributed by atoms with Crippen LogP contribution >= 0.6 is 11.8 Å². The highest BCUT2D eigenvalue weighted by molar-refractivity contribution is 8.00. The number of rotatable bonds is 9. The maximum atomic E-state index is 12.5. The van der Waals surface area contributed by atoms with Gasteiger partial charge in [-0.15, -0.1) is 10.2 Å². The van der Waals surface area contributed by atoms with E-state index in [4.69, 9.17) is 9.47 Å². The van der Waals surface area contributed by atoms with Gasteiger partial charge in [0.15, 0.2) is 11.0 Å². The van der Waals surface area contributed by atoms with Gasteiger partial charge in [0.1, 0.15) is 18.0 Å². The molecule has 2 aromatic carbocycles. The molecule has 0 saturated heterocycles. The highest BCUT2D eigenvalue weighted by Gasteiger charge is 2.29. The van der Waals surface area contributed by atoms with Gasteiger partial charge in [-0.2, -0.15) is 13.2 Å². The lowest BCUT2D eigenvalue weighted by Crippen LogP contribution is -2.38. The Labute approximate surface area is 193 Å². The third-order valence-electron chi connectivity index (χ3n) is 4.50. The number of aromatic nitrogens is 3. The molecule has 1 amide bonds. The van der Waals surface area contributed by atoms with Crippen LogP contribution in [0.15, 0.2) is 53.7 Å². The second-order valence-electron chi connectivity index (χ2n) is 6.89. The van der Waals surface area contributed by atoms with Gasteiger partial charge in [-0.1, -0.05) is 11.8 Å². The molecule has 0 aliphatic rings. The van der Waals surface area contributed by atoms with Gasteiger partial charge in [0.2, 0.25) is 5.91 Å². The van der Waals surface area contributed by atoms with E-state index in [1.807, 2.05) is 36.5 Å². The Balaban J connectivity index is 1.94. The van der Waals surface area contributed by atoms with Crippen molar-refractivity contribution in [3.05, 3.63) is 48.5 Å². The normalized spacial score (nSPS) is 12.3. The SMILES string of the molecule is CCOc1ccc(-n2c(SC(C)C(=O)NCC(F)(F)F)nnc2-c2ccc(OC)cc2)cc1. The van der Waals surface area contributed by atoms with Crippen LogP contribution in [-0.2, 0) is 4.79 Å². The summed E-state index contributed by atoms with van der Waals surface area (Å²) >= 11 is 1.02. The fourth-order valence-corrected chi connectivity index (χ4v) is 3.80. The van der Waals surface area contributed by atoms with Crippen molar-refractivity contribution in [2.24, 2.45) is 0 Å². The monoisotopic (exact) mass is 480 g/mol. The molecule has 0 aliphatic carbocycles. The molecular formula is C22H23F3N4O3S. The second kappa shape index (κ2) is 10.6. The Morgan fingerprint density at radius 1 is 1.09 bits per heavy atom. The predicted molar refractivity (Wildman–Crippen MR) is 119 cm³/mol. The van der Waals surface area contributed by atoms with Crippen molar-refractivity contribution in [3.63, 3.8) is 0 Å². The molecular weight excluding hydrogens is 457 g/mol. The molecule has 7 nitrogen and oxygen atoms in total. The fraction of sp³-hybridized carbons (Fsp3) is 0.318. The van der Waals surface area contributed by atoms with Crippen LogP contribution in [0, 0.1) is 0 Å². The molecule has 0 bridgehead atoms. The number of halogens is 3. The second-order valence-corrected chi connectivity index (χ2v) is 8.20. The number of hydrogen-bond donors (Lipinski definition) is 1. The summed E-state index contributed by atoms with van der Waals surface area (Å²) in [5.74, 6) is 1.13. The first-order valence-electron chi connectivity index (χ1n) is 10.1. The van der Waals surface area contributed by atoms with Gasteiger partial charge in [0.25, 0.3) is 0 Å². The fourth-order valence-electron chi connectivity index (χ4n) is 2.91. The first-order chi connectivity index (χ1) is 15.7. The summed E-state index contributed by atoms with van der Waals surface area (Å²) in [5, 5.41) is 9.93. The van der Waals surface area contributed by atoms with E-state index in [1.54, 1.807) is 35.9 Å². The number of benzene rings is 2. The minimum atomic E-state index is -4.48. The van der Waals surface area contributed by atoms with Crippen LogP contribution in [0.3, 0.4) is 0 Å². The van der Waals surface area contributed by atoms with Crippen LogP contribution in [0.4, 0.5) is 13.2 Å². The van der Waals surface area contributed by atoms with Gasteiger partial charge in [-0.3, -0.25) is 9.36 Å². The molecule has 33 heavy (non-hydrogen) atoms. The number of carbonyl (C=O) groups excluding carboxylic acids is 1. The molecule has 3 aromatic rings. The zero-order valence-electron chi connectivity index (χ0n) is 18.2. The summed E-state index contributed by atoms with van der Waals surface area (Å²) in [7, 11) is 1.57. The van der Waals surface area contributed by atoms with E-state index in [0.717, 1.165) is 17.3 Å². The zero-order chi connectivity index (χ0) is 24.0. The van der Waals surface area contributed by atoms with Crippen molar-refractivity contribution in [2.45, 2.75) is 30.4 Å². The number of nitrogens with zero attached hydrogens (tertiary/aromatic N) is 3. The van der Waals surface area contributed by atoms with Crippen molar-refractivity contribution < 1.29 is 27.4 Å². The molecule has 0 radical (unpaired) electrons. The minimum Gasteiger partial charge on any atom is -0.497 e. The van der Waals surface area contributed by atoms with Crippen LogP contribution in [0.5, 0.6) is 11.5 Å². The van der Waals surface area contributed by atoms with Gasteiger partial charge in [0, 0.05) is 11.3 Å². The molecule has 0 saturated carbocycles. The van der Waals surface area contributed by atoms with Crippen molar-refractivity contribution in [2.75, 3.05) is 20.3 Å². The standard InChI is InChI=1S/C22H23F3N4O3S/c1-4-32-18-11-7-16(8-12-18)29-19(15-5-9-17(31-3)10-6-15)27-28-21(29)33-14(2)20(30)26-13-22(23,24)25/h5-12,14H,4,13H2,1-3H3,(H,26,30). The summed E-state index contributed by atoms with van der Waals surface area (Å²) < 4.78 is 49.8. The number of amides is 1. The highest BCUT2D eigenvalue weighted by atomic mass is 32.2. The molecule has 1 N–H and O–H groups in total. The highest BCUT2D eigenvalue weighted by Crippen LogP contribution is 2.31. The van der Waals surface area contributed by atoms with E-state index in [1.165, 1.54) is 6.92 Å². The summed E-state index contributed by atoms with van der Waals surface area (Å²) in [6.45, 7) is 2.53.